The highest BCUT2D eigenvalue weighted by Crippen LogP contribution is 2.39. The summed E-state index contributed by atoms with van der Waals surface area (Å²) < 4.78 is 12.9. The zero-order chi connectivity index (χ0) is 37.0. The van der Waals surface area contributed by atoms with Crippen LogP contribution >= 0.6 is 0 Å². The van der Waals surface area contributed by atoms with E-state index in [2.05, 4.69) is 103 Å². The zero-order valence-corrected chi connectivity index (χ0v) is 29.9. The lowest BCUT2D eigenvalue weighted by atomic mass is 10.0. The molecule has 11 rings (SSSR count). The summed E-state index contributed by atoms with van der Waals surface area (Å²) in [6.07, 6.45) is 0. The highest BCUT2D eigenvalue weighted by molar-refractivity contribution is 6.08. The molecule has 6 heteroatoms. The van der Waals surface area contributed by atoms with Gasteiger partial charge in [0.15, 0.2) is 22.8 Å². The first-order chi connectivity index (χ1) is 27.7. The summed E-state index contributed by atoms with van der Waals surface area (Å²) in [5.74, 6) is 1.16. The van der Waals surface area contributed by atoms with Crippen LogP contribution in [0.4, 0.5) is 0 Å². The van der Waals surface area contributed by atoms with Gasteiger partial charge in [-0.2, -0.15) is 0 Å². The molecule has 0 aliphatic rings. The molecule has 6 nitrogen and oxygen atoms in total. The summed E-state index contributed by atoms with van der Waals surface area (Å²) in [5.41, 5.74) is 13.8. The third-order valence-electron chi connectivity index (χ3n) is 10.3. The van der Waals surface area contributed by atoms with E-state index in [0.29, 0.717) is 22.8 Å². The molecule has 0 unspecified atom stereocenters. The van der Waals surface area contributed by atoms with Gasteiger partial charge in [-0.25, -0.2) is 19.9 Å². The molecule has 262 valence electrons. The number of fused-ring (bicyclic) bond motifs is 6. The number of rotatable bonds is 6. The van der Waals surface area contributed by atoms with Crippen molar-refractivity contribution in [1.29, 1.82) is 0 Å². The van der Waals surface area contributed by atoms with E-state index in [-0.39, 0.29) is 0 Å². The van der Waals surface area contributed by atoms with Crippen molar-refractivity contribution in [2.45, 2.75) is 0 Å². The van der Waals surface area contributed by atoms with Crippen molar-refractivity contribution in [3.8, 4) is 67.5 Å². The van der Waals surface area contributed by atoms with Gasteiger partial charge in [0, 0.05) is 33.0 Å². The van der Waals surface area contributed by atoms with E-state index in [1.165, 1.54) is 0 Å². The van der Waals surface area contributed by atoms with E-state index < -0.39 is 0 Å². The second-order valence-electron chi connectivity index (χ2n) is 13.8. The van der Waals surface area contributed by atoms with Crippen molar-refractivity contribution in [2.24, 2.45) is 0 Å². The lowest BCUT2D eigenvalue weighted by Crippen LogP contribution is -1.96. The quantitative estimate of drug-likeness (QED) is 0.170. The standard InChI is InChI=1S/C50H30N4O2/c1-3-14-31(15-4-1)33-18-11-20-35(28-33)43-47-45(39-24-7-9-26-41(39)55-47)53-49(51-43)37-22-13-23-38(30-37)50-52-44(48-46(54-50)40-25-8-10-27-42(40)56-48)36-21-12-19-34(29-36)32-16-5-2-6-17-32/h1-30H. The summed E-state index contributed by atoms with van der Waals surface area (Å²) in [5, 5.41) is 1.87. The fourth-order valence-corrected chi connectivity index (χ4v) is 7.58. The van der Waals surface area contributed by atoms with E-state index in [1.807, 2.05) is 78.9 Å². The molecule has 0 bridgehead atoms. The molecule has 0 spiro atoms. The average molecular weight is 719 g/mol. The highest BCUT2D eigenvalue weighted by Gasteiger charge is 2.21. The Labute approximate surface area is 321 Å². The smallest absolute Gasteiger partial charge is 0.180 e. The van der Waals surface area contributed by atoms with Crippen LogP contribution in [-0.2, 0) is 0 Å². The molecular weight excluding hydrogens is 689 g/mol. The number of nitrogens with zero attached hydrogens (tertiary/aromatic N) is 4. The SMILES string of the molecule is c1ccc(-c2cccc(-c3nc(-c4cccc(-c5nc(-c6cccc(-c7ccccc7)c6)c6oc7ccccc7c6n5)c4)nc4c3oc3ccccc34)c2)cc1. The van der Waals surface area contributed by atoms with E-state index in [1.54, 1.807) is 0 Å². The van der Waals surface area contributed by atoms with Crippen LogP contribution in [0.5, 0.6) is 0 Å². The van der Waals surface area contributed by atoms with Crippen LogP contribution in [0.1, 0.15) is 0 Å². The Morgan fingerprint density at radius 3 is 1.11 bits per heavy atom. The molecule has 0 aliphatic heterocycles. The third-order valence-corrected chi connectivity index (χ3v) is 10.3. The number of para-hydroxylation sites is 2. The van der Waals surface area contributed by atoms with Gasteiger partial charge in [-0.05, 0) is 64.7 Å². The Kier molecular flexibility index (Phi) is 7.38. The minimum Gasteiger partial charge on any atom is -0.452 e. The predicted molar refractivity (Wildman–Crippen MR) is 225 cm³/mol. The Morgan fingerprint density at radius 2 is 0.643 bits per heavy atom. The Bertz CT molecular complexity index is 3040. The van der Waals surface area contributed by atoms with Gasteiger partial charge in [0.25, 0.3) is 0 Å². The largest absolute Gasteiger partial charge is 0.452 e. The van der Waals surface area contributed by atoms with E-state index in [9.17, 15) is 0 Å². The van der Waals surface area contributed by atoms with Crippen LogP contribution in [0.25, 0.3) is 112 Å². The van der Waals surface area contributed by atoms with Gasteiger partial charge in [0.2, 0.25) is 0 Å². The van der Waals surface area contributed by atoms with Crippen LogP contribution in [0.3, 0.4) is 0 Å². The lowest BCUT2D eigenvalue weighted by molar-refractivity contribution is 0.667. The van der Waals surface area contributed by atoms with Crippen molar-refractivity contribution in [3.05, 3.63) is 182 Å². The molecule has 0 N–H and O–H groups in total. The molecule has 7 aromatic carbocycles. The molecule has 0 radical (unpaired) electrons. The van der Waals surface area contributed by atoms with Gasteiger partial charge in [-0.3, -0.25) is 0 Å². The molecule has 56 heavy (non-hydrogen) atoms. The lowest BCUT2D eigenvalue weighted by Gasteiger charge is -2.10. The molecule has 0 saturated heterocycles. The van der Waals surface area contributed by atoms with Gasteiger partial charge in [0.1, 0.15) is 33.6 Å². The Morgan fingerprint density at radius 1 is 0.286 bits per heavy atom. The van der Waals surface area contributed by atoms with Crippen molar-refractivity contribution in [3.63, 3.8) is 0 Å². The molecule has 0 amide bonds. The van der Waals surface area contributed by atoms with E-state index >= 15 is 0 Å². The Balaban J connectivity index is 1.09. The molecule has 0 aliphatic carbocycles. The van der Waals surface area contributed by atoms with Crippen molar-refractivity contribution < 1.29 is 8.83 Å². The number of benzene rings is 7. The Hall–Kier alpha value is -7.70. The zero-order valence-electron chi connectivity index (χ0n) is 29.9. The second-order valence-corrected chi connectivity index (χ2v) is 13.8. The maximum absolute atomic E-state index is 6.47. The molecule has 0 saturated carbocycles. The maximum Gasteiger partial charge on any atom is 0.180 e. The summed E-state index contributed by atoms with van der Waals surface area (Å²) in [6.45, 7) is 0. The minimum atomic E-state index is 0.580. The van der Waals surface area contributed by atoms with E-state index in [0.717, 1.165) is 88.9 Å². The summed E-state index contributed by atoms with van der Waals surface area (Å²) in [4.78, 5) is 20.8. The summed E-state index contributed by atoms with van der Waals surface area (Å²) in [6, 6.07) is 61.7. The molecule has 4 aromatic heterocycles. The fraction of sp³-hybridized carbons (Fsp3) is 0. The van der Waals surface area contributed by atoms with Gasteiger partial charge in [-0.1, -0.05) is 140 Å². The number of aromatic nitrogens is 4. The maximum atomic E-state index is 6.47. The summed E-state index contributed by atoms with van der Waals surface area (Å²) in [7, 11) is 0. The van der Waals surface area contributed by atoms with Crippen LogP contribution in [-0.4, -0.2) is 19.9 Å². The normalized spacial score (nSPS) is 11.6. The number of hydrogen-bond donors (Lipinski definition) is 0. The second kappa shape index (κ2) is 13.0. The van der Waals surface area contributed by atoms with Crippen molar-refractivity contribution in [1.82, 2.24) is 19.9 Å². The minimum absolute atomic E-state index is 0.580. The van der Waals surface area contributed by atoms with Crippen LogP contribution in [0.2, 0.25) is 0 Å². The van der Waals surface area contributed by atoms with Crippen LogP contribution < -0.4 is 0 Å². The van der Waals surface area contributed by atoms with Gasteiger partial charge in [0.05, 0.1) is 0 Å². The third kappa shape index (κ3) is 5.43. The molecule has 4 heterocycles. The monoisotopic (exact) mass is 718 g/mol. The van der Waals surface area contributed by atoms with Crippen molar-refractivity contribution in [2.75, 3.05) is 0 Å². The molecule has 0 atom stereocenters. The van der Waals surface area contributed by atoms with E-state index in [4.69, 9.17) is 28.8 Å². The number of furan rings is 2. The molecule has 11 aromatic rings. The van der Waals surface area contributed by atoms with Gasteiger partial charge < -0.3 is 8.83 Å². The van der Waals surface area contributed by atoms with Crippen LogP contribution in [0.15, 0.2) is 191 Å². The van der Waals surface area contributed by atoms with Crippen LogP contribution in [0, 0.1) is 0 Å². The topological polar surface area (TPSA) is 77.8 Å². The summed E-state index contributed by atoms with van der Waals surface area (Å²) >= 11 is 0. The van der Waals surface area contributed by atoms with Gasteiger partial charge >= 0.3 is 0 Å². The van der Waals surface area contributed by atoms with Gasteiger partial charge in [-0.15, -0.1) is 0 Å². The first-order valence-electron chi connectivity index (χ1n) is 18.5. The first kappa shape index (κ1) is 31.8. The highest BCUT2D eigenvalue weighted by atomic mass is 16.3. The van der Waals surface area contributed by atoms with Crippen molar-refractivity contribution >= 4 is 44.1 Å². The molecular formula is C50H30N4O2. The average Bonchev–Trinajstić information content (AvgIpc) is 3.85. The molecule has 0 fully saturated rings. The fourth-order valence-electron chi connectivity index (χ4n) is 7.58. The number of hydrogen-bond acceptors (Lipinski definition) is 6. The first-order valence-corrected chi connectivity index (χ1v) is 18.5. The predicted octanol–water partition coefficient (Wildman–Crippen LogP) is 13.1.